The zero-order valence-corrected chi connectivity index (χ0v) is 10.2. The molecular weight excluding hydrogens is 256 g/mol. The van der Waals surface area contributed by atoms with Gasteiger partial charge in [-0.15, -0.1) is 0 Å². The van der Waals surface area contributed by atoms with Gasteiger partial charge in [0.05, 0.1) is 9.49 Å². The van der Waals surface area contributed by atoms with Crippen molar-refractivity contribution in [1.29, 1.82) is 0 Å². The van der Waals surface area contributed by atoms with Gasteiger partial charge in [0.25, 0.3) is 0 Å². The molecule has 1 saturated carbocycles. The summed E-state index contributed by atoms with van der Waals surface area (Å²) in [7, 11) is -3.29. The molecule has 0 heterocycles. The van der Waals surface area contributed by atoms with Crippen LogP contribution >= 0.6 is 15.9 Å². The van der Waals surface area contributed by atoms with Crippen molar-refractivity contribution < 1.29 is 13.5 Å². The third kappa shape index (κ3) is 1.55. The molecule has 0 saturated heterocycles. The van der Waals surface area contributed by atoms with Gasteiger partial charge in [-0.2, -0.15) is 0 Å². The maximum atomic E-state index is 12.0. The fourth-order valence-corrected chi connectivity index (χ4v) is 4.85. The number of hydrogen-bond acceptors (Lipinski definition) is 2. The minimum Gasteiger partial charge on any atom is -0.235 e. The molecule has 5 heteroatoms. The van der Waals surface area contributed by atoms with Crippen molar-refractivity contribution in [3.63, 3.8) is 0 Å². The van der Waals surface area contributed by atoms with E-state index in [0.717, 1.165) is 0 Å². The average Bonchev–Trinajstić information content (AvgIpc) is 2.84. The predicted octanol–water partition coefficient (Wildman–Crippen LogP) is 1.54. The highest BCUT2D eigenvalue weighted by Gasteiger charge is 2.58. The maximum absolute atomic E-state index is 12.0. The normalized spacial score (nSPS) is 21.5. The number of rotatable bonds is 4. The van der Waals surface area contributed by atoms with E-state index in [2.05, 4.69) is 15.9 Å². The molecule has 0 N–H and O–H groups in total. The lowest BCUT2D eigenvalue weighted by atomic mass is 10.2. The van der Waals surface area contributed by atoms with Crippen LogP contribution in [0.15, 0.2) is 0 Å². The molecule has 1 fully saturated rings. The first-order valence-electron chi connectivity index (χ1n) is 4.21. The second-order valence-corrected chi connectivity index (χ2v) is 7.76. The molecule has 1 aliphatic carbocycles. The molecule has 1 aliphatic rings. The van der Waals surface area contributed by atoms with Gasteiger partial charge in [0.1, 0.15) is 6.61 Å². The van der Waals surface area contributed by atoms with Gasteiger partial charge >= 0.3 is 0 Å². The van der Waals surface area contributed by atoms with Crippen molar-refractivity contribution in [2.45, 2.75) is 36.2 Å². The minimum atomic E-state index is -3.29. The summed E-state index contributed by atoms with van der Waals surface area (Å²) < 4.78 is 22.2. The molecule has 0 spiro atoms. The SMILES string of the molecule is CC(C)(C[O])S(=O)(=O)C1(CBr)CC1. The minimum absolute atomic E-state index is 0.450. The first kappa shape index (κ1) is 11.5. The van der Waals surface area contributed by atoms with Gasteiger partial charge in [-0.25, -0.2) is 13.5 Å². The Hall–Kier alpha value is 0.390. The molecule has 13 heavy (non-hydrogen) atoms. The lowest BCUT2D eigenvalue weighted by molar-refractivity contribution is 0.167. The zero-order chi connectivity index (χ0) is 10.3. The summed E-state index contributed by atoms with van der Waals surface area (Å²) in [6, 6.07) is 0. The third-order valence-electron chi connectivity index (χ3n) is 2.70. The Morgan fingerprint density at radius 1 is 1.38 bits per heavy atom. The van der Waals surface area contributed by atoms with E-state index >= 15 is 0 Å². The van der Waals surface area contributed by atoms with Crippen LogP contribution in [-0.4, -0.2) is 29.8 Å². The van der Waals surface area contributed by atoms with Gasteiger partial charge in [0, 0.05) is 5.33 Å². The Morgan fingerprint density at radius 2 is 1.85 bits per heavy atom. The summed E-state index contributed by atoms with van der Waals surface area (Å²) >= 11 is 3.21. The topological polar surface area (TPSA) is 54.0 Å². The van der Waals surface area contributed by atoms with Gasteiger partial charge in [-0.05, 0) is 26.7 Å². The summed E-state index contributed by atoms with van der Waals surface area (Å²) in [4.78, 5) is 0. The van der Waals surface area contributed by atoms with Gasteiger partial charge in [0.15, 0.2) is 9.84 Å². The Labute approximate surface area is 87.6 Å². The fraction of sp³-hybridized carbons (Fsp3) is 1.00. The lowest BCUT2D eigenvalue weighted by Crippen LogP contribution is -2.44. The van der Waals surface area contributed by atoms with Crippen molar-refractivity contribution in [2.75, 3.05) is 11.9 Å². The van der Waals surface area contributed by atoms with Crippen molar-refractivity contribution in [3.8, 4) is 0 Å². The van der Waals surface area contributed by atoms with Crippen LogP contribution < -0.4 is 0 Å². The molecule has 0 aromatic rings. The summed E-state index contributed by atoms with van der Waals surface area (Å²) in [6.07, 6.45) is 1.37. The molecule has 0 bridgehead atoms. The fourth-order valence-electron chi connectivity index (χ4n) is 1.28. The molecule has 0 aromatic carbocycles. The molecule has 0 atom stereocenters. The van der Waals surface area contributed by atoms with E-state index in [4.69, 9.17) is 0 Å². The smallest absolute Gasteiger partial charge is 0.164 e. The van der Waals surface area contributed by atoms with Crippen LogP contribution in [0.3, 0.4) is 0 Å². The Kier molecular flexibility index (Phi) is 2.83. The summed E-state index contributed by atoms with van der Waals surface area (Å²) in [5.41, 5.74) is 0. The van der Waals surface area contributed by atoms with E-state index in [-0.39, 0.29) is 0 Å². The molecule has 3 nitrogen and oxygen atoms in total. The van der Waals surface area contributed by atoms with Crippen molar-refractivity contribution in [3.05, 3.63) is 0 Å². The Bertz CT molecular complexity index is 279. The molecule has 0 aromatic heterocycles. The number of sulfone groups is 1. The van der Waals surface area contributed by atoms with Crippen LogP contribution in [0.5, 0.6) is 0 Å². The van der Waals surface area contributed by atoms with Gasteiger partial charge in [0.2, 0.25) is 0 Å². The highest BCUT2D eigenvalue weighted by molar-refractivity contribution is 9.09. The highest BCUT2D eigenvalue weighted by atomic mass is 79.9. The number of alkyl halides is 1. The van der Waals surface area contributed by atoms with E-state index in [9.17, 15) is 13.5 Å². The average molecular weight is 270 g/mol. The van der Waals surface area contributed by atoms with Gasteiger partial charge in [-0.1, -0.05) is 15.9 Å². The van der Waals surface area contributed by atoms with E-state index < -0.39 is 25.9 Å². The monoisotopic (exact) mass is 269 g/mol. The standard InChI is InChI=1S/C8H14BrO3S/c1-7(2,6-10)13(11,12)8(5-9)3-4-8/h3-6H2,1-2H3. The molecule has 0 unspecified atom stereocenters. The van der Waals surface area contributed by atoms with Crippen molar-refractivity contribution in [2.24, 2.45) is 0 Å². The highest BCUT2D eigenvalue weighted by Crippen LogP contribution is 2.49. The van der Waals surface area contributed by atoms with Crippen LogP contribution in [0.4, 0.5) is 0 Å². The number of hydrogen-bond donors (Lipinski definition) is 0. The van der Waals surface area contributed by atoms with E-state index in [1.165, 1.54) is 13.8 Å². The molecule has 77 valence electrons. The van der Waals surface area contributed by atoms with E-state index in [0.29, 0.717) is 18.2 Å². The maximum Gasteiger partial charge on any atom is 0.164 e. The summed E-state index contributed by atoms with van der Waals surface area (Å²) in [5, 5.41) is 11.2. The zero-order valence-electron chi connectivity index (χ0n) is 7.84. The molecule has 1 radical (unpaired) electrons. The van der Waals surface area contributed by atoms with Crippen LogP contribution in [0, 0.1) is 0 Å². The quantitative estimate of drug-likeness (QED) is 0.727. The van der Waals surface area contributed by atoms with Crippen LogP contribution in [-0.2, 0) is 14.9 Å². The molecular formula is C8H14BrO3S. The Balaban J connectivity index is 3.03. The summed E-state index contributed by atoms with van der Waals surface area (Å²) in [6.45, 7) is 2.46. The first-order valence-corrected chi connectivity index (χ1v) is 6.82. The Morgan fingerprint density at radius 3 is 2.08 bits per heavy atom. The predicted molar refractivity (Wildman–Crippen MR) is 54.3 cm³/mol. The second kappa shape index (κ2) is 3.21. The van der Waals surface area contributed by atoms with Gasteiger partial charge in [-0.3, -0.25) is 0 Å². The summed E-state index contributed by atoms with van der Waals surface area (Å²) in [5.74, 6) is 0. The molecule has 0 amide bonds. The van der Waals surface area contributed by atoms with Crippen molar-refractivity contribution >= 4 is 25.8 Å². The van der Waals surface area contributed by atoms with Gasteiger partial charge < -0.3 is 0 Å². The molecule has 0 aliphatic heterocycles. The second-order valence-electron chi connectivity index (χ2n) is 4.22. The van der Waals surface area contributed by atoms with Crippen LogP contribution in [0.1, 0.15) is 26.7 Å². The van der Waals surface area contributed by atoms with Crippen molar-refractivity contribution in [1.82, 2.24) is 0 Å². The van der Waals surface area contributed by atoms with Crippen LogP contribution in [0.2, 0.25) is 0 Å². The number of halogens is 1. The largest absolute Gasteiger partial charge is 0.235 e. The lowest BCUT2D eigenvalue weighted by Gasteiger charge is -2.26. The molecule has 1 rings (SSSR count). The van der Waals surface area contributed by atoms with Crippen LogP contribution in [0.25, 0.3) is 0 Å². The first-order chi connectivity index (χ1) is 5.83. The van der Waals surface area contributed by atoms with E-state index in [1.54, 1.807) is 0 Å². The van der Waals surface area contributed by atoms with E-state index in [1.807, 2.05) is 0 Å². The third-order valence-corrected chi connectivity index (χ3v) is 7.41.